The number of pyridine rings is 1. The molecule has 1 atom stereocenters. The van der Waals surface area contributed by atoms with E-state index in [-0.39, 0.29) is 5.41 Å². The van der Waals surface area contributed by atoms with Crippen LogP contribution < -0.4 is 0 Å². The Kier molecular flexibility index (Phi) is 6.03. The van der Waals surface area contributed by atoms with Gasteiger partial charge in [-0.15, -0.1) is 0 Å². The molecule has 1 rings (SSSR count). The SMILES string of the molecule is CCCCCC(C)(CCC)c1ccc(C(F)(F)F)nc1. The van der Waals surface area contributed by atoms with Crippen molar-refractivity contribution in [3.05, 3.63) is 29.6 Å². The fourth-order valence-corrected chi connectivity index (χ4v) is 2.65. The fourth-order valence-electron chi connectivity index (χ4n) is 2.65. The van der Waals surface area contributed by atoms with E-state index in [0.717, 1.165) is 50.2 Å². The van der Waals surface area contributed by atoms with Crippen LogP contribution in [0.3, 0.4) is 0 Å². The Labute approximate surface area is 119 Å². The topological polar surface area (TPSA) is 12.9 Å². The Bertz CT molecular complexity index is 397. The predicted molar refractivity (Wildman–Crippen MR) is 75.6 cm³/mol. The first-order valence-electron chi connectivity index (χ1n) is 7.37. The van der Waals surface area contributed by atoms with E-state index in [4.69, 9.17) is 0 Å². The number of rotatable bonds is 7. The van der Waals surface area contributed by atoms with Crippen LogP contribution in [0.2, 0.25) is 0 Å². The van der Waals surface area contributed by atoms with Crippen LogP contribution in [-0.2, 0) is 11.6 Å². The molecule has 4 heteroatoms. The molecule has 1 heterocycles. The average Bonchev–Trinajstić information content (AvgIpc) is 2.38. The minimum Gasteiger partial charge on any atom is -0.251 e. The van der Waals surface area contributed by atoms with Gasteiger partial charge in [0.25, 0.3) is 0 Å². The first-order chi connectivity index (χ1) is 9.33. The number of nitrogens with zero attached hydrogens (tertiary/aromatic N) is 1. The number of aromatic nitrogens is 1. The number of alkyl halides is 3. The lowest BCUT2D eigenvalue weighted by Crippen LogP contribution is -2.22. The third-order valence-electron chi connectivity index (χ3n) is 3.88. The van der Waals surface area contributed by atoms with Crippen molar-refractivity contribution in [2.24, 2.45) is 0 Å². The van der Waals surface area contributed by atoms with Crippen molar-refractivity contribution in [2.45, 2.75) is 70.9 Å². The van der Waals surface area contributed by atoms with Crippen LogP contribution in [0.5, 0.6) is 0 Å². The third kappa shape index (κ3) is 4.50. The van der Waals surface area contributed by atoms with Gasteiger partial charge in [-0.25, -0.2) is 0 Å². The van der Waals surface area contributed by atoms with Crippen molar-refractivity contribution in [2.75, 3.05) is 0 Å². The van der Waals surface area contributed by atoms with Gasteiger partial charge in [0.2, 0.25) is 0 Å². The zero-order chi connectivity index (χ0) is 15.2. The third-order valence-corrected chi connectivity index (χ3v) is 3.88. The summed E-state index contributed by atoms with van der Waals surface area (Å²) in [5.74, 6) is 0. The lowest BCUT2D eigenvalue weighted by Gasteiger charge is -2.30. The molecule has 0 aromatic carbocycles. The van der Waals surface area contributed by atoms with Crippen molar-refractivity contribution in [3.8, 4) is 0 Å². The van der Waals surface area contributed by atoms with Gasteiger partial charge in [-0.1, -0.05) is 52.5 Å². The van der Waals surface area contributed by atoms with Gasteiger partial charge >= 0.3 is 6.18 Å². The van der Waals surface area contributed by atoms with Crippen molar-refractivity contribution in [1.29, 1.82) is 0 Å². The first kappa shape index (κ1) is 17.0. The molecule has 0 aliphatic rings. The molecule has 0 saturated heterocycles. The Balaban J connectivity index is 2.91. The van der Waals surface area contributed by atoms with E-state index in [1.54, 1.807) is 6.07 Å². The Morgan fingerprint density at radius 3 is 2.15 bits per heavy atom. The highest BCUT2D eigenvalue weighted by atomic mass is 19.4. The van der Waals surface area contributed by atoms with Crippen LogP contribution in [0.15, 0.2) is 18.3 Å². The van der Waals surface area contributed by atoms with Gasteiger partial charge in [-0.05, 0) is 29.9 Å². The maximum absolute atomic E-state index is 12.6. The normalized spacial score (nSPS) is 15.1. The monoisotopic (exact) mass is 287 g/mol. The molecular weight excluding hydrogens is 263 g/mol. The molecule has 0 aliphatic heterocycles. The molecule has 0 saturated carbocycles. The van der Waals surface area contributed by atoms with E-state index in [1.807, 2.05) is 0 Å². The lowest BCUT2D eigenvalue weighted by atomic mass is 9.75. The van der Waals surface area contributed by atoms with Gasteiger partial charge in [0.1, 0.15) is 5.69 Å². The molecule has 0 bridgehead atoms. The maximum atomic E-state index is 12.6. The quantitative estimate of drug-likeness (QED) is 0.583. The van der Waals surface area contributed by atoms with Gasteiger partial charge in [0.05, 0.1) is 0 Å². The van der Waals surface area contributed by atoms with Gasteiger partial charge in [0.15, 0.2) is 0 Å². The molecule has 0 spiro atoms. The molecule has 1 unspecified atom stereocenters. The summed E-state index contributed by atoms with van der Waals surface area (Å²) in [6, 6.07) is 2.69. The lowest BCUT2D eigenvalue weighted by molar-refractivity contribution is -0.141. The predicted octanol–water partition coefficient (Wildman–Crippen LogP) is 5.74. The summed E-state index contributed by atoms with van der Waals surface area (Å²) in [7, 11) is 0. The summed E-state index contributed by atoms with van der Waals surface area (Å²) < 4.78 is 37.7. The van der Waals surface area contributed by atoms with Crippen molar-refractivity contribution in [1.82, 2.24) is 4.98 Å². The summed E-state index contributed by atoms with van der Waals surface area (Å²) in [5, 5.41) is 0. The molecule has 1 aromatic heterocycles. The second kappa shape index (κ2) is 7.09. The highest BCUT2D eigenvalue weighted by molar-refractivity contribution is 5.24. The Hall–Kier alpha value is -1.06. The highest BCUT2D eigenvalue weighted by Gasteiger charge is 2.33. The minimum absolute atomic E-state index is 0.0684. The molecular formula is C16H24F3N. The zero-order valence-electron chi connectivity index (χ0n) is 12.6. The van der Waals surface area contributed by atoms with E-state index < -0.39 is 11.9 Å². The number of unbranched alkanes of at least 4 members (excludes halogenated alkanes) is 2. The molecule has 1 nitrogen and oxygen atoms in total. The van der Waals surface area contributed by atoms with E-state index in [1.165, 1.54) is 6.20 Å². The largest absolute Gasteiger partial charge is 0.433 e. The molecule has 0 fully saturated rings. The van der Waals surface area contributed by atoms with E-state index in [0.29, 0.717) is 0 Å². The van der Waals surface area contributed by atoms with Crippen LogP contribution in [0, 0.1) is 0 Å². The van der Waals surface area contributed by atoms with Gasteiger partial charge in [0, 0.05) is 6.20 Å². The van der Waals surface area contributed by atoms with Gasteiger partial charge < -0.3 is 0 Å². The number of halogens is 3. The van der Waals surface area contributed by atoms with E-state index in [9.17, 15) is 13.2 Å². The van der Waals surface area contributed by atoms with Crippen LogP contribution in [0.4, 0.5) is 13.2 Å². The molecule has 0 radical (unpaired) electrons. The van der Waals surface area contributed by atoms with Crippen molar-refractivity contribution in [3.63, 3.8) is 0 Å². The first-order valence-corrected chi connectivity index (χ1v) is 7.37. The molecule has 20 heavy (non-hydrogen) atoms. The number of hydrogen-bond donors (Lipinski definition) is 0. The van der Waals surface area contributed by atoms with Crippen molar-refractivity contribution < 1.29 is 13.2 Å². The summed E-state index contributed by atoms with van der Waals surface area (Å²) in [5.41, 5.74) is 0.0400. The summed E-state index contributed by atoms with van der Waals surface area (Å²) in [6.07, 6.45) is 3.45. The summed E-state index contributed by atoms with van der Waals surface area (Å²) in [4.78, 5) is 3.60. The molecule has 0 amide bonds. The minimum atomic E-state index is -4.36. The smallest absolute Gasteiger partial charge is 0.251 e. The van der Waals surface area contributed by atoms with Crippen LogP contribution in [-0.4, -0.2) is 4.98 Å². The fraction of sp³-hybridized carbons (Fsp3) is 0.688. The van der Waals surface area contributed by atoms with Gasteiger partial charge in [-0.3, -0.25) is 4.98 Å². The summed E-state index contributed by atoms with van der Waals surface area (Å²) in [6.45, 7) is 6.39. The van der Waals surface area contributed by atoms with E-state index >= 15 is 0 Å². The second-order valence-corrected chi connectivity index (χ2v) is 5.70. The molecule has 0 N–H and O–H groups in total. The molecule has 1 aromatic rings. The molecule has 114 valence electrons. The van der Waals surface area contributed by atoms with Gasteiger partial charge in [-0.2, -0.15) is 13.2 Å². The molecule has 0 aliphatic carbocycles. The van der Waals surface area contributed by atoms with E-state index in [2.05, 4.69) is 25.8 Å². The van der Waals surface area contributed by atoms with Crippen LogP contribution in [0.25, 0.3) is 0 Å². The average molecular weight is 287 g/mol. The Morgan fingerprint density at radius 2 is 1.70 bits per heavy atom. The number of hydrogen-bond acceptors (Lipinski definition) is 1. The maximum Gasteiger partial charge on any atom is 0.433 e. The van der Waals surface area contributed by atoms with Crippen LogP contribution in [0.1, 0.15) is 70.6 Å². The standard InChI is InChI=1S/C16H24F3N/c1-4-6-7-11-15(3,10-5-2)13-8-9-14(20-12-13)16(17,18)19/h8-9,12H,4-7,10-11H2,1-3H3. The zero-order valence-corrected chi connectivity index (χ0v) is 12.6. The highest BCUT2D eigenvalue weighted by Crippen LogP contribution is 2.35. The van der Waals surface area contributed by atoms with Crippen LogP contribution >= 0.6 is 0 Å². The van der Waals surface area contributed by atoms with Crippen molar-refractivity contribution >= 4 is 0 Å². The summed E-state index contributed by atoms with van der Waals surface area (Å²) >= 11 is 0. The second-order valence-electron chi connectivity index (χ2n) is 5.70. The Morgan fingerprint density at radius 1 is 1.00 bits per heavy atom.